The van der Waals surface area contributed by atoms with Crippen molar-refractivity contribution in [3.05, 3.63) is 112 Å². The Bertz CT molecular complexity index is 2960. The molecule has 0 amide bonds. The van der Waals surface area contributed by atoms with Crippen molar-refractivity contribution in [2.24, 2.45) is 0 Å². The molecule has 400 valence electrons. The minimum atomic E-state index is -2.20. The first kappa shape index (κ1) is 53.9. The van der Waals surface area contributed by atoms with Gasteiger partial charge in [0.25, 0.3) is 0 Å². The zero-order chi connectivity index (χ0) is 54.0. The predicted molar refractivity (Wildman–Crippen MR) is 253 cm³/mol. The van der Waals surface area contributed by atoms with Gasteiger partial charge in [-0.25, -0.2) is 9.59 Å². The van der Waals surface area contributed by atoms with Crippen molar-refractivity contribution >= 4 is 35.1 Å². The summed E-state index contributed by atoms with van der Waals surface area (Å²) < 4.78 is 53.3. The van der Waals surface area contributed by atoms with Crippen LogP contribution in [0.3, 0.4) is 0 Å². The lowest BCUT2D eigenvalue weighted by atomic mass is 9.96. The molecule has 0 unspecified atom stereocenters. The van der Waals surface area contributed by atoms with E-state index in [9.17, 15) is 75.7 Å². The minimum absolute atomic E-state index is 0.0183. The molecule has 4 aromatic carbocycles. The predicted octanol–water partition coefficient (Wildman–Crippen LogP) is 1.10. The molecule has 24 heteroatoms. The number of aliphatic hydroxyl groups is 6. The Morgan fingerprint density at radius 2 is 1.15 bits per heavy atom. The first-order valence-electron chi connectivity index (χ1n) is 23.1. The number of benzene rings is 4. The van der Waals surface area contributed by atoms with Crippen LogP contribution < -0.4 is 10.2 Å². The molecule has 3 aliphatic rings. The number of phenols is 6. The summed E-state index contributed by atoms with van der Waals surface area (Å²) in [6, 6.07) is 16.3. The van der Waals surface area contributed by atoms with Gasteiger partial charge >= 0.3 is 11.9 Å². The van der Waals surface area contributed by atoms with Gasteiger partial charge in [0.2, 0.25) is 17.5 Å². The van der Waals surface area contributed by atoms with E-state index in [2.05, 4.69) is 0 Å². The molecule has 12 N–H and O–H groups in total. The summed E-state index contributed by atoms with van der Waals surface area (Å²) in [5.41, 5.74) is -0.869. The Labute approximate surface area is 423 Å². The molecule has 0 bridgehead atoms. The number of hydrogen-bond acceptors (Lipinski definition) is 24. The average Bonchev–Trinajstić information content (AvgIpc) is 3.37. The van der Waals surface area contributed by atoms with Gasteiger partial charge < -0.3 is 104 Å². The number of phenolic OH excluding ortho intramolecular Hbond substituents is 6. The Kier molecular flexibility index (Phi) is 16.3. The summed E-state index contributed by atoms with van der Waals surface area (Å²) >= 11 is 0. The van der Waals surface area contributed by atoms with E-state index in [1.807, 2.05) is 0 Å². The molecule has 5 aromatic rings. The SMILES string of the molecule is C[C@@H]1O[C@@H](OC[C@H]2O[C@@H](Oc3c(-c4ccc(O)c(O)c4)oc4cc(O)cc(O)c4c3=O)[C@H](O[C@@H]3O[C@@H](C)[C@H](OC(=O)/C=C/c4ccc(O)cc4)[C@@H](O)[C@H]3O)[C@@H](OC(=O)/C=C/c3ccc(O)cc3)[C@H]2O)[C@H](O)[C@H](O)[C@H]1O. The van der Waals surface area contributed by atoms with Crippen LogP contribution in [0.25, 0.3) is 34.4 Å². The van der Waals surface area contributed by atoms with E-state index in [0.29, 0.717) is 11.1 Å². The fourth-order valence-electron chi connectivity index (χ4n) is 8.37. The van der Waals surface area contributed by atoms with Crippen LogP contribution in [0, 0.1) is 0 Å². The fourth-order valence-corrected chi connectivity index (χ4v) is 8.37. The first-order chi connectivity index (χ1) is 35.7. The van der Waals surface area contributed by atoms with Gasteiger partial charge in [-0.1, -0.05) is 24.3 Å². The number of ether oxygens (including phenoxy) is 8. The Balaban J connectivity index is 1.19. The van der Waals surface area contributed by atoms with Gasteiger partial charge in [0.1, 0.15) is 76.7 Å². The minimum Gasteiger partial charge on any atom is -0.508 e. The highest BCUT2D eigenvalue weighted by molar-refractivity contribution is 5.89. The van der Waals surface area contributed by atoms with Crippen LogP contribution in [0.15, 0.2) is 100 Å². The number of aromatic hydroxyl groups is 6. The lowest BCUT2D eigenvalue weighted by Gasteiger charge is -2.47. The monoisotopic (exact) mass is 1050 g/mol. The molecule has 0 saturated carbocycles. The molecule has 1 aromatic heterocycles. The normalized spacial score (nSPS) is 30.1. The molecule has 75 heavy (non-hydrogen) atoms. The van der Waals surface area contributed by atoms with Crippen LogP contribution in [-0.2, 0) is 42.7 Å². The molecule has 15 atom stereocenters. The molecule has 3 fully saturated rings. The first-order valence-corrected chi connectivity index (χ1v) is 23.1. The summed E-state index contributed by atoms with van der Waals surface area (Å²) in [5.74, 6) is -6.34. The smallest absolute Gasteiger partial charge is 0.331 e. The maximum absolute atomic E-state index is 14.6. The third-order valence-corrected chi connectivity index (χ3v) is 12.4. The summed E-state index contributed by atoms with van der Waals surface area (Å²) in [5, 5.41) is 128. The van der Waals surface area contributed by atoms with Crippen molar-refractivity contribution < 1.29 is 113 Å². The van der Waals surface area contributed by atoms with Crippen LogP contribution in [0.1, 0.15) is 25.0 Å². The van der Waals surface area contributed by atoms with Crippen LogP contribution in [0.4, 0.5) is 0 Å². The second-order valence-electron chi connectivity index (χ2n) is 17.7. The van der Waals surface area contributed by atoms with Crippen LogP contribution in [0.2, 0.25) is 0 Å². The second kappa shape index (κ2) is 22.6. The van der Waals surface area contributed by atoms with Gasteiger partial charge in [0, 0.05) is 29.8 Å². The van der Waals surface area contributed by atoms with Crippen LogP contribution >= 0.6 is 0 Å². The van der Waals surface area contributed by atoms with Crippen molar-refractivity contribution in [1.82, 2.24) is 0 Å². The number of carbonyl (C=O) groups is 2. The van der Waals surface area contributed by atoms with E-state index in [1.165, 1.54) is 80.6 Å². The fraction of sp³-hybridized carbons (Fsp3) is 0.353. The van der Waals surface area contributed by atoms with Gasteiger partial charge in [-0.2, -0.15) is 0 Å². The van der Waals surface area contributed by atoms with E-state index in [4.69, 9.17) is 42.3 Å². The van der Waals surface area contributed by atoms with Crippen molar-refractivity contribution in [1.29, 1.82) is 0 Å². The van der Waals surface area contributed by atoms with E-state index in [1.54, 1.807) is 0 Å². The highest BCUT2D eigenvalue weighted by atomic mass is 16.8. The molecular formula is C51H52O24. The third-order valence-electron chi connectivity index (χ3n) is 12.4. The highest BCUT2D eigenvalue weighted by Crippen LogP contribution is 2.41. The van der Waals surface area contributed by atoms with E-state index in [0.717, 1.165) is 36.4 Å². The topological polar surface area (TPSA) is 381 Å². The standard InChI is InChI=1S/C51H52O24/c1-21-37(60)40(63)42(65)49(68-21)67-20-33-38(61)46(73-35(59)16-8-24-5-12-27(53)13-6-24)48(75-50-43(66)41(64)44(22(2)69-50)72-34(58)15-7-23-3-10-26(52)11-4-23)51(71-33)74-47-39(62)36-31(57)18-28(54)19-32(36)70-45(47)25-9-14-29(55)30(56)17-25/h3-19,21-22,33,37-38,40-44,46,48-57,60-61,63-66H,20H2,1-2H3/b15-7+,16-8+/t21-,22-,33+,37-,38-,40+,41-,42+,43+,44-,46-,48+,49+,50-,51-/m0/s1. The summed E-state index contributed by atoms with van der Waals surface area (Å²) in [6.45, 7) is 1.89. The lowest BCUT2D eigenvalue weighted by Crippen LogP contribution is -2.66. The molecule has 3 saturated heterocycles. The van der Waals surface area contributed by atoms with E-state index < -0.39 is 162 Å². The Morgan fingerprint density at radius 1 is 0.560 bits per heavy atom. The average molecular weight is 1050 g/mol. The maximum Gasteiger partial charge on any atom is 0.331 e. The number of carbonyl (C=O) groups excluding carboxylic acids is 2. The number of esters is 2. The molecular weight excluding hydrogens is 997 g/mol. The second-order valence-corrected chi connectivity index (χ2v) is 17.7. The molecule has 0 aliphatic carbocycles. The zero-order valence-corrected chi connectivity index (χ0v) is 39.4. The summed E-state index contributed by atoms with van der Waals surface area (Å²) in [6.07, 6.45) is -22.6. The van der Waals surface area contributed by atoms with Crippen LogP contribution in [0.5, 0.6) is 40.2 Å². The van der Waals surface area contributed by atoms with E-state index >= 15 is 0 Å². The number of aliphatic hydroxyl groups excluding tert-OH is 6. The van der Waals surface area contributed by atoms with Crippen molar-refractivity contribution in [3.63, 3.8) is 0 Å². The van der Waals surface area contributed by atoms with Crippen molar-refractivity contribution in [3.8, 4) is 51.6 Å². The molecule has 0 spiro atoms. The van der Waals surface area contributed by atoms with Gasteiger partial charge in [0.05, 0.1) is 18.8 Å². The molecule has 3 aliphatic heterocycles. The van der Waals surface area contributed by atoms with Gasteiger partial charge in [-0.05, 0) is 79.6 Å². The summed E-state index contributed by atoms with van der Waals surface area (Å²) in [7, 11) is 0. The van der Waals surface area contributed by atoms with Crippen molar-refractivity contribution in [2.75, 3.05) is 6.61 Å². The molecule has 0 radical (unpaired) electrons. The number of fused-ring (bicyclic) bond motifs is 1. The largest absolute Gasteiger partial charge is 0.508 e. The third kappa shape index (κ3) is 12.0. The van der Waals surface area contributed by atoms with Gasteiger partial charge in [0.15, 0.2) is 48.2 Å². The van der Waals surface area contributed by atoms with Crippen LogP contribution in [-0.4, -0.2) is 172 Å². The number of hydrogen-bond donors (Lipinski definition) is 12. The molecule has 24 nitrogen and oxygen atoms in total. The quantitative estimate of drug-likeness (QED) is 0.0421. The van der Waals surface area contributed by atoms with Gasteiger partial charge in [-0.3, -0.25) is 4.79 Å². The maximum atomic E-state index is 14.6. The summed E-state index contributed by atoms with van der Waals surface area (Å²) in [4.78, 5) is 41.4. The van der Waals surface area contributed by atoms with E-state index in [-0.39, 0.29) is 17.1 Å². The zero-order valence-electron chi connectivity index (χ0n) is 39.4. The van der Waals surface area contributed by atoms with Crippen molar-refractivity contribution in [2.45, 2.75) is 106 Å². The Hall–Kier alpha value is -7.33. The number of rotatable bonds is 14. The van der Waals surface area contributed by atoms with Gasteiger partial charge in [-0.15, -0.1) is 0 Å². The molecule has 4 heterocycles. The molecule has 8 rings (SSSR count). The highest BCUT2D eigenvalue weighted by Gasteiger charge is 2.55. The lowest BCUT2D eigenvalue weighted by molar-refractivity contribution is -0.360. The Morgan fingerprint density at radius 3 is 1.76 bits per heavy atom.